The zero-order valence-corrected chi connectivity index (χ0v) is 11.9. The molecule has 1 heterocycles. The molecule has 0 radical (unpaired) electrons. The zero-order valence-electron chi connectivity index (χ0n) is 11.9. The average Bonchev–Trinajstić information content (AvgIpc) is 2.54. The molecule has 2 aromatic carbocycles. The number of urea groups is 1. The molecule has 0 spiro atoms. The summed E-state index contributed by atoms with van der Waals surface area (Å²) in [6.07, 6.45) is 1.43. The second-order valence-electron chi connectivity index (χ2n) is 4.88. The molecule has 6 heteroatoms. The number of aromatic hydroxyl groups is 1. The third kappa shape index (κ3) is 2.82. The second-order valence-corrected chi connectivity index (χ2v) is 4.88. The number of amides is 4. The van der Waals surface area contributed by atoms with E-state index in [9.17, 15) is 19.5 Å². The summed E-state index contributed by atoms with van der Waals surface area (Å²) in [5, 5.41) is 11.4. The predicted octanol–water partition coefficient (Wildman–Crippen LogP) is 2.06. The molecular weight excluding hydrogens is 296 g/mol. The van der Waals surface area contributed by atoms with Crippen LogP contribution >= 0.6 is 0 Å². The van der Waals surface area contributed by atoms with Gasteiger partial charge in [0.2, 0.25) is 0 Å². The Morgan fingerprint density at radius 2 is 1.57 bits per heavy atom. The number of hydrogen-bond donors (Lipinski definition) is 2. The molecule has 0 aliphatic carbocycles. The summed E-state index contributed by atoms with van der Waals surface area (Å²) < 4.78 is 0. The number of phenols is 1. The molecule has 1 aliphatic rings. The number of imide groups is 2. The highest BCUT2D eigenvalue weighted by Gasteiger charge is 2.36. The molecule has 0 saturated carbocycles. The lowest BCUT2D eigenvalue weighted by Gasteiger charge is -2.26. The van der Waals surface area contributed by atoms with E-state index in [0.717, 1.165) is 4.90 Å². The number of phenolic OH excluding ortho intramolecular Hbond substituents is 1. The Kier molecular flexibility index (Phi) is 3.64. The van der Waals surface area contributed by atoms with Gasteiger partial charge in [-0.2, -0.15) is 0 Å². The Balaban J connectivity index is 2.01. The van der Waals surface area contributed by atoms with Crippen molar-refractivity contribution >= 4 is 29.6 Å². The van der Waals surface area contributed by atoms with Crippen LogP contribution in [0.25, 0.3) is 6.08 Å². The first-order chi connectivity index (χ1) is 11.1. The number of carbonyl (C=O) groups excluding carboxylic acids is 3. The van der Waals surface area contributed by atoms with Gasteiger partial charge in [0.05, 0.1) is 5.69 Å². The summed E-state index contributed by atoms with van der Waals surface area (Å²) in [4.78, 5) is 37.4. The van der Waals surface area contributed by atoms with E-state index in [0.29, 0.717) is 5.56 Å². The smallest absolute Gasteiger partial charge is 0.335 e. The fraction of sp³-hybridized carbons (Fsp3) is 0. The Labute approximate surface area is 131 Å². The number of barbiturate groups is 1. The van der Waals surface area contributed by atoms with Gasteiger partial charge in [0.15, 0.2) is 0 Å². The lowest BCUT2D eigenvalue weighted by atomic mass is 10.1. The van der Waals surface area contributed by atoms with E-state index in [-0.39, 0.29) is 17.0 Å². The van der Waals surface area contributed by atoms with Crippen molar-refractivity contribution in [1.29, 1.82) is 0 Å². The van der Waals surface area contributed by atoms with Crippen LogP contribution in [0.15, 0.2) is 60.2 Å². The first kappa shape index (κ1) is 14.5. The van der Waals surface area contributed by atoms with Crippen molar-refractivity contribution in [3.05, 3.63) is 65.7 Å². The minimum atomic E-state index is -0.823. The highest BCUT2D eigenvalue weighted by atomic mass is 16.3. The number of carbonyl (C=O) groups is 3. The number of nitrogens with one attached hydrogen (secondary N) is 1. The maximum Gasteiger partial charge on any atom is 0.335 e. The van der Waals surface area contributed by atoms with Gasteiger partial charge in [-0.1, -0.05) is 30.3 Å². The van der Waals surface area contributed by atoms with Crippen LogP contribution < -0.4 is 10.2 Å². The molecule has 1 saturated heterocycles. The number of benzene rings is 2. The molecule has 4 amide bonds. The van der Waals surface area contributed by atoms with Crippen LogP contribution in [-0.2, 0) is 9.59 Å². The molecule has 114 valence electrons. The second kappa shape index (κ2) is 5.76. The lowest BCUT2D eigenvalue weighted by Crippen LogP contribution is -2.54. The summed E-state index contributed by atoms with van der Waals surface area (Å²) in [5.74, 6) is -1.44. The van der Waals surface area contributed by atoms with Crippen LogP contribution in [0.5, 0.6) is 5.75 Å². The monoisotopic (exact) mass is 308 g/mol. The van der Waals surface area contributed by atoms with Gasteiger partial charge in [0.1, 0.15) is 11.3 Å². The normalized spacial score (nSPS) is 16.6. The minimum Gasteiger partial charge on any atom is -0.508 e. The van der Waals surface area contributed by atoms with Crippen LogP contribution in [0.3, 0.4) is 0 Å². The molecule has 1 fully saturated rings. The summed E-state index contributed by atoms with van der Waals surface area (Å²) >= 11 is 0. The van der Waals surface area contributed by atoms with Gasteiger partial charge in [-0.3, -0.25) is 14.9 Å². The Bertz CT molecular complexity index is 810. The molecule has 6 nitrogen and oxygen atoms in total. The van der Waals surface area contributed by atoms with Gasteiger partial charge >= 0.3 is 6.03 Å². The van der Waals surface area contributed by atoms with Crippen molar-refractivity contribution < 1.29 is 19.5 Å². The van der Waals surface area contributed by atoms with Crippen molar-refractivity contribution in [3.63, 3.8) is 0 Å². The molecule has 0 bridgehead atoms. The molecule has 23 heavy (non-hydrogen) atoms. The molecule has 0 atom stereocenters. The van der Waals surface area contributed by atoms with Crippen LogP contribution in [0.2, 0.25) is 0 Å². The molecular formula is C17H12N2O4. The highest BCUT2D eigenvalue weighted by Crippen LogP contribution is 2.23. The van der Waals surface area contributed by atoms with Gasteiger partial charge < -0.3 is 5.11 Å². The minimum absolute atomic E-state index is 0.00902. The zero-order chi connectivity index (χ0) is 16.4. The largest absolute Gasteiger partial charge is 0.508 e. The van der Waals surface area contributed by atoms with Crippen LogP contribution in [0, 0.1) is 0 Å². The number of hydrogen-bond acceptors (Lipinski definition) is 4. The van der Waals surface area contributed by atoms with Crippen molar-refractivity contribution in [1.82, 2.24) is 5.32 Å². The van der Waals surface area contributed by atoms with E-state index in [1.165, 1.54) is 30.3 Å². The van der Waals surface area contributed by atoms with E-state index in [4.69, 9.17) is 0 Å². The lowest BCUT2D eigenvalue weighted by molar-refractivity contribution is -0.122. The highest BCUT2D eigenvalue weighted by molar-refractivity contribution is 6.39. The molecule has 2 N–H and O–H groups in total. The van der Waals surface area contributed by atoms with Crippen molar-refractivity contribution in [3.8, 4) is 5.75 Å². The molecule has 2 aromatic rings. The molecule has 0 unspecified atom stereocenters. The van der Waals surface area contributed by atoms with Crippen LogP contribution in [-0.4, -0.2) is 23.0 Å². The quantitative estimate of drug-likeness (QED) is 0.657. The van der Waals surface area contributed by atoms with E-state index < -0.39 is 17.8 Å². The maximum atomic E-state index is 12.5. The van der Waals surface area contributed by atoms with Crippen LogP contribution in [0.4, 0.5) is 10.5 Å². The van der Waals surface area contributed by atoms with Crippen molar-refractivity contribution in [2.24, 2.45) is 0 Å². The molecule has 1 aliphatic heterocycles. The van der Waals surface area contributed by atoms with Crippen LogP contribution in [0.1, 0.15) is 5.56 Å². The van der Waals surface area contributed by atoms with Gasteiger partial charge in [-0.05, 0) is 35.9 Å². The number of nitrogens with zero attached hydrogens (tertiary/aromatic N) is 1. The van der Waals surface area contributed by atoms with Gasteiger partial charge in [-0.25, -0.2) is 9.69 Å². The first-order valence-electron chi connectivity index (χ1n) is 6.82. The Morgan fingerprint density at radius 3 is 2.22 bits per heavy atom. The Morgan fingerprint density at radius 1 is 0.913 bits per heavy atom. The third-order valence-corrected chi connectivity index (χ3v) is 3.32. The Hall–Kier alpha value is -3.41. The SMILES string of the molecule is O=C1NC(=O)N(c2ccc(O)cc2)C(=O)/C1=C\c1ccccc1. The number of anilines is 1. The fourth-order valence-electron chi connectivity index (χ4n) is 2.21. The average molecular weight is 308 g/mol. The molecule has 0 aromatic heterocycles. The van der Waals surface area contributed by atoms with Crippen molar-refractivity contribution in [2.45, 2.75) is 0 Å². The summed E-state index contributed by atoms with van der Waals surface area (Å²) in [5.41, 5.74) is 0.798. The first-order valence-corrected chi connectivity index (χ1v) is 6.82. The predicted molar refractivity (Wildman–Crippen MR) is 83.6 cm³/mol. The topological polar surface area (TPSA) is 86.7 Å². The standard InChI is InChI=1S/C17H12N2O4/c20-13-8-6-12(7-9-13)19-16(22)14(15(21)18-17(19)23)10-11-4-2-1-3-5-11/h1-10,20H,(H,18,21,23)/b14-10-. The third-order valence-electron chi connectivity index (χ3n) is 3.32. The van der Waals surface area contributed by atoms with E-state index in [2.05, 4.69) is 5.32 Å². The van der Waals surface area contributed by atoms with Gasteiger partial charge in [0, 0.05) is 0 Å². The summed E-state index contributed by atoms with van der Waals surface area (Å²) in [6.45, 7) is 0. The fourth-order valence-corrected chi connectivity index (χ4v) is 2.21. The van der Waals surface area contributed by atoms with Gasteiger partial charge in [-0.15, -0.1) is 0 Å². The van der Waals surface area contributed by atoms with Crippen molar-refractivity contribution in [2.75, 3.05) is 4.90 Å². The molecule has 3 rings (SSSR count). The number of rotatable bonds is 2. The van der Waals surface area contributed by atoms with E-state index in [1.807, 2.05) is 6.07 Å². The van der Waals surface area contributed by atoms with Gasteiger partial charge in [0.25, 0.3) is 11.8 Å². The van der Waals surface area contributed by atoms with E-state index in [1.54, 1.807) is 24.3 Å². The summed E-state index contributed by atoms with van der Waals surface area (Å²) in [6, 6.07) is 13.6. The maximum absolute atomic E-state index is 12.5. The summed E-state index contributed by atoms with van der Waals surface area (Å²) in [7, 11) is 0. The van der Waals surface area contributed by atoms with E-state index >= 15 is 0 Å².